The Balaban J connectivity index is 1.73. The lowest BCUT2D eigenvalue weighted by Crippen LogP contribution is -2.22. The highest BCUT2D eigenvalue weighted by Crippen LogP contribution is 2.21. The standard InChI is InChI=1S/C15H14ClN3O2S/c16-14-4-2-11(22-14)8-17-15(21)10-1-3-13-12(7-10)18-9-19(13)5-6-20/h1-4,7,9,20H,5-6,8H2,(H,17,21). The van der Waals surface area contributed by atoms with Gasteiger partial charge in [0.05, 0.1) is 34.8 Å². The van der Waals surface area contributed by atoms with Crippen molar-refractivity contribution in [2.45, 2.75) is 13.1 Å². The minimum atomic E-state index is -0.150. The van der Waals surface area contributed by atoms with Crippen LogP contribution in [0.4, 0.5) is 0 Å². The van der Waals surface area contributed by atoms with Crippen molar-refractivity contribution in [1.29, 1.82) is 0 Å². The summed E-state index contributed by atoms with van der Waals surface area (Å²) in [4.78, 5) is 17.5. The molecule has 0 aliphatic carbocycles. The van der Waals surface area contributed by atoms with Gasteiger partial charge < -0.3 is 15.0 Å². The number of aliphatic hydroxyl groups is 1. The number of imidazole rings is 1. The van der Waals surface area contributed by atoms with Crippen molar-refractivity contribution in [2.75, 3.05) is 6.61 Å². The van der Waals surface area contributed by atoms with Gasteiger partial charge in [0.15, 0.2) is 0 Å². The summed E-state index contributed by atoms with van der Waals surface area (Å²) >= 11 is 7.31. The van der Waals surface area contributed by atoms with Gasteiger partial charge in [-0.15, -0.1) is 11.3 Å². The average molecular weight is 336 g/mol. The molecule has 0 atom stereocenters. The van der Waals surface area contributed by atoms with Gasteiger partial charge in [-0.3, -0.25) is 4.79 Å². The van der Waals surface area contributed by atoms with Gasteiger partial charge in [-0.1, -0.05) is 11.6 Å². The normalized spacial score (nSPS) is 11.0. The Hall–Kier alpha value is -1.89. The van der Waals surface area contributed by atoms with E-state index in [2.05, 4.69) is 10.3 Å². The monoisotopic (exact) mass is 335 g/mol. The molecule has 0 bridgehead atoms. The SMILES string of the molecule is O=C(NCc1ccc(Cl)s1)c1ccc2c(c1)ncn2CCO. The topological polar surface area (TPSA) is 67.2 Å². The Labute approximate surface area is 136 Å². The van der Waals surface area contributed by atoms with E-state index < -0.39 is 0 Å². The van der Waals surface area contributed by atoms with E-state index in [4.69, 9.17) is 16.7 Å². The highest BCUT2D eigenvalue weighted by molar-refractivity contribution is 7.16. The Kier molecular flexibility index (Phi) is 4.42. The summed E-state index contributed by atoms with van der Waals surface area (Å²) in [5, 5.41) is 11.9. The van der Waals surface area contributed by atoms with Crippen LogP contribution in [0.2, 0.25) is 4.34 Å². The molecule has 0 radical (unpaired) electrons. The number of hydrogen-bond donors (Lipinski definition) is 2. The van der Waals surface area contributed by atoms with Gasteiger partial charge in [-0.05, 0) is 30.3 Å². The van der Waals surface area contributed by atoms with E-state index in [-0.39, 0.29) is 12.5 Å². The lowest BCUT2D eigenvalue weighted by molar-refractivity contribution is 0.0951. The van der Waals surface area contributed by atoms with Crippen molar-refractivity contribution < 1.29 is 9.90 Å². The number of thiophene rings is 1. The average Bonchev–Trinajstić information content (AvgIpc) is 3.11. The third-order valence-electron chi connectivity index (χ3n) is 3.28. The van der Waals surface area contributed by atoms with Crippen LogP contribution in [0.3, 0.4) is 0 Å². The fourth-order valence-corrected chi connectivity index (χ4v) is 3.23. The molecular weight excluding hydrogens is 322 g/mol. The molecule has 2 aromatic heterocycles. The number of nitrogens with one attached hydrogen (secondary N) is 1. The number of halogens is 1. The molecule has 0 fully saturated rings. The summed E-state index contributed by atoms with van der Waals surface area (Å²) in [6, 6.07) is 9.06. The third kappa shape index (κ3) is 3.14. The molecule has 2 N–H and O–H groups in total. The summed E-state index contributed by atoms with van der Waals surface area (Å²) in [5.41, 5.74) is 2.19. The Morgan fingerprint density at radius 1 is 1.36 bits per heavy atom. The number of aliphatic hydroxyl groups excluding tert-OH is 1. The van der Waals surface area contributed by atoms with Crippen LogP contribution in [0.1, 0.15) is 15.2 Å². The first-order chi connectivity index (χ1) is 10.7. The second-order valence-corrected chi connectivity index (χ2v) is 6.55. The fraction of sp³-hybridized carbons (Fsp3) is 0.200. The van der Waals surface area contributed by atoms with E-state index in [9.17, 15) is 4.79 Å². The molecule has 1 amide bonds. The first-order valence-electron chi connectivity index (χ1n) is 6.75. The van der Waals surface area contributed by atoms with Crippen molar-refractivity contribution in [3.8, 4) is 0 Å². The highest BCUT2D eigenvalue weighted by Gasteiger charge is 2.09. The van der Waals surface area contributed by atoms with Gasteiger partial charge in [0.2, 0.25) is 0 Å². The van der Waals surface area contributed by atoms with Crippen molar-refractivity contribution in [1.82, 2.24) is 14.9 Å². The molecule has 0 aliphatic rings. The number of aromatic nitrogens is 2. The number of nitrogens with zero attached hydrogens (tertiary/aromatic N) is 2. The van der Waals surface area contributed by atoms with Gasteiger partial charge in [0, 0.05) is 17.0 Å². The zero-order valence-electron chi connectivity index (χ0n) is 11.6. The largest absolute Gasteiger partial charge is 0.395 e. The number of amides is 1. The molecule has 1 aromatic carbocycles. The fourth-order valence-electron chi connectivity index (χ4n) is 2.21. The maximum atomic E-state index is 12.2. The summed E-state index contributed by atoms with van der Waals surface area (Å²) in [6.45, 7) is 0.992. The molecule has 0 unspecified atom stereocenters. The number of rotatable bonds is 5. The summed E-state index contributed by atoms with van der Waals surface area (Å²) in [6.07, 6.45) is 1.66. The van der Waals surface area contributed by atoms with Crippen molar-refractivity contribution in [3.63, 3.8) is 0 Å². The molecule has 0 saturated heterocycles. The van der Waals surface area contributed by atoms with Crippen LogP contribution >= 0.6 is 22.9 Å². The van der Waals surface area contributed by atoms with Crippen LogP contribution in [-0.2, 0) is 13.1 Å². The van der Waals surface area contributed by atoms with Crippen LogP contribution < -0.4 is 5.32 Å². The van der Waals surface area contributed by atoms with Gasteiger partial charge in [0.25, 0.3) is 5.91 Å². The predicted molar refractivity (Wildman–Crippen MR) is 87.3 cm³/mol. The molecule has 3 rings (SSSR count). The zero-order chi connectivity index (χ0) is 15.5. The molecule has 22 heavy (non-hydrogen) atoms. The molecule has 7 heteroatoms. The van der Waals surface area contributed by atoms with E-state index in [0.29, 0.717) is 23.0 Å². The van der Waals surface area contributed by atoms with Crippen LogP contribution in [0.25, 0.3) is 11.0 Å². The van der Waals surface area contributed by atoms with Crippen molar-refractivity contribution >= 4 is 39.9 Å². The zero-order valence-corrected chi connectivity index (χ0v) is 13.2. The second kappa shape index (κ2) is 6.48. The maximum Gasteiger partial charge on any atom is 0.251 e. The van der Waals surface area contributed by atoms with Crippen LogP contribution in [0, 0.1) is 0 Å². The number of carbonyl (C=O) groups is 1. The van der Waals surface area contributed by atoms with Gasteiger partial charge in [-0.2, -0.15) is 0 Å². The Morgan fingerprint density at radius 2 is 2.23 bits per heavy atom. The minimum Gasteiger partial charge on any atom is -0.395 e. The molecule has 0 saturated carbocycles. The number of fused-ring (bicyclic) bond motifs is 1. The van der Waals surface area contributed by atoms with E-state index in [1.54, 1.807) is 18.5 Å². The first-order valence-corrected chi connectivity index (χ1v) is 7.95. The van der Waals surface area contributed by atoms with Gasteiger partial charge >= 0.3 is 0 Å². The summed E-state index contributed by atoms with van der Waals surface area (Å²) in [5.74, 6) is -0.150. The van der Waals surface area contributed by atoms with E-state index >= 15 is 0 Å². The number of hydrogen-bond acceptors (Lipinski definition) is 4. The third-order valence-corrected chi connectivity index (χ3v) is 4.51. The van der Waals surface area contributed by atoms with Gasteiger partial charge in [-0.25, -0.2) is 4.98 Å². The summed E-state index contributed by atoms with van der Waals surface area (Å²) < 4.78 is 2.56. The van der Waals surface area contributed by atoms with Crippen molar-refractivity contribution in [2.24, 2.45) is 0 Å². The predicted octanol–water partition coefficient (Wildman–Crippen LogP) is 2.67. The quantitative estimate of drug-likeness (QED) is 0.753. The van der Waals surface area contributed by atoms with E-state index in [1.807, 2.05) is 22.8 Å². The van der Waals surface area contributed by atoms with Crippen molar-refractivity contribution in [3.05, 3.63) is 51.4 Å². The Bertz CT molecular complexity index is 812. The summed E-state index contributed by atoms with van der Waals surface area (Å²) in [7, 11) is 0. The lowest BCUT2D eigenvalue weighted by Gasteiger charge is -2.05. The number of benzene rings is 1. The highest BCUT2D eigenvalue weighted by atomic mass is 35.5. The molecule has 2 heterocycles. The molecule has 0 spiro atoms. The lowest BCUT2D eigenvalue weighted by atomic mass is 10.2. The minimum absolute atomic E-state index is 0.0526. The molecular formula is C15H14ClN3O2S. The first kappa shape index (κ1) is 15.0. The van der Waals surface area contributed by atoms with Crippen LogP contribution in [0.15, 0.2) is 36.7 Å². The van der Waals surface area contributed by atoms with E-state index in [0.717, 1.165) is 15.9 Å². The maximum absolute atomic E-state index is 12.2. The smallest absolute Gasteiger partial charge is 0.251 e. The van der Waals surface area contributed by atoms with Crippen LogP contribution in [0.5, 0.6) is 0 Å². The second-order valence-electron chi connectivity index (χ2n) is 4.75. The molecule has 5 nitrogen and oxygen atoms in total. The molecule has 3 aromatic rings. The van der Waals surface area contributed by atoms with Crippen LogP contribution in [-0.4, -0.2) is 27.2 Å². The van der Waals surface area contributed by atoms with E-state index in [1.165, 1.54) is 11.3 Å². The number of carbonyl (C=O) groups excluding carboxylic acids is 1. The molecule has 114 valence electrons. The van der Waals surface area contributed by atoms with Gasteiger partial charge in [0.1, 0.15) is 0 Å². The molecule has 0 aliphatic heterocycles. The Morgan fingerprint density at radius 3 is 2.95 bits per heavy atom.